The zero-order chi connectivity index (χ0) is 27.1. The number of rotatable bonds is 11. The Balaban J connectivity index is 1.32. The fraction of sp³-hybridized carbons (Fsp3) is 0.269. The number of nitrogens with one attached hydrogen (secondary N) is 3. The predicted molar refractivity (Wildman–Crippen MR) is 139 cm³/mol. The van der Waals surface area contributed by atoms with Gasteiger partial charge in [-0.15, -0.1) is 0 Å². The molecule has 1 saturated heterocycles. The van der Waals surface area contributed by atoms with E-state index in [4.69, 9.17) is 15.2 Å². The van der Waals surface area contributed by atoms with Crippen molar-refractivity contribution in [3.05, 3.63) is 77.9 Å². The van der Waals surface area contributed by atoms with Crippen molar-refractivity contribution < 1.29 is 28.7 Å². The molecule has 4 rings (SSSR count). The quantitative estimate of drug-likeness (QED) is 0.267. The first kappa shape index (κ1) is 26.9. The van der Waals surface area contributed by atoms with Crippen LogP contribution in [0.15, 0.2) is 61.1 Å². The molecule has 0 saturated carbocycles. The number of carbonyl (C=O) groups excluding carboxylic acids is 4. The first-order chi connectivity index (χ1) is 18.3. The third kappa shape index (κ3) is 7.20. The minimum atomic E-state index is -0.907. The summed E-state index contributed by atoms with van der Waals surface area (Å²) in [6.45, 7) is 0. The summed E-state index contributed by atoms with van der Waals surface area (Å²) in [5, 5.41) is 4.21. The molecule has 0 bridgehead atoms. The number of aromatic nitrogens is 2. The van der Waals surface area contributed by atoms with Crippen LogP contribution in [0.1, 0.15) is 16.8 Å². The highest BCUT2D eigenvalue weighted by Gasteiger charge is 2.31. The topological polar surface area (TPSA) is 165 Å². The molecular formula is C26H27N5O6S. The van der Waals surface area contributed by atoms with Gasteiger partial charge in [-0.25, -0.2) is 9.78 Å². The lowest BCUT2D eigenvalue weighted by Gasteiger charge is -2.19. The van der Waals surface area contributed by atoms with Crippen LogP contribution >= 0.6 is 11.8 Å². The van der Waals surface area contributed by atoms with E-state index in [2.05, 4.69) is 20.6 Å². The summed E-state index contributed by atoms with van der Waals surface area (Å²) in [6.07, 6.45) is 3.99. The Labute approximate surface area is 222 Å². The highest BCUT2D eigenvalue weighted by molar-refractivity contribution is 8.15. The number of imidazole rings is 1. The molecule has 0 radical (unpaired) electrons. The maximum absolute atomic E-state index is 12.6. The Morgan fingerprint density at radius 2 is 1.71 bits per heavy atom. The average molecular weight is 538 g/mol. The average Bonchev–Trinajstić information content (AvgIpc) is 3.53. The molecule has 3 amide bonds. The molecule has 1 aliphatic heterocycles. The molecule has 0 aliphatic carbocycles. The third-order valence-corrected chi connectivity index (χ3v) is 6.83. The second-order valence-electron chi connectivity index (χ2n) is 8.65. The summed E-state index contributed by atoms with van der Waals surface area (Å²) >= 11 is 0.996. The van der Waals surface area contributed by atoms with Crippen molar-refractivity contribution in [3.63, 3.8) is 0 Å². The number of nitrogens with two attached hydrogens (primary N) is 1. The number of ether oxygens (including phenoxy) is 2. The molecule has 0 spiro atoms. The van der Waals surface area contributed by atoms with E-state index in [1.807, 2.05) is 12.1 Å². The van der Waals surface area contributed by atoms with Crippen molar-refractivity contribution in [2.75, 3.05) is 7.11 Å². The lowest BCUT2D eigenvalue weighted by Crippen LogP contribution is -2.50. The minimum absolute atomic E-state index is 0.208. The summed E-state index contributed by atoms with van der Waals surface area (Å²) in [6, 6.07) is 12.6. The summed E-state index contributed by atoms with van der Waals surface area (Å²) < 4.78 is 10.8. The van der Waals surface area contributed by atoms with Crippen LogP contribution in [0, 0.1) is 0 Å². The van der Waals surface area contributed by atoms with Gasteiger partial charge in [-0.3, -0.25) is 19.7 Å². The van der Waals surface area contributed by atoms with E-state index in [1.165, 1.54) is 13.4 Å². The van der Waals surface area contributed by atoms with Crippen LogP contribution in [0.3, 0.4) is 0 Å². The number of hydrogen-bond acceptors (Lipinski definition) is 9. The zero-order valence-corrected chi connectivity index (χ0v) is 21.3. The Morgan fingerprint density at radius 1 is 1.05 bits per heavy atom. The molecule has 2 heterocycles. The van der Waals surface area contributed by atoms with Gasteiger partial charge in [0.2, 0.25) is 11.8 Å². The Hall–Kier alpha value is -4.16. The number of hydrogen-bond donors (Lipinski definition) is 4. The Kier molecular flexibility index (Phi) is 8.77. The zero-order valence-electron chi connectivity index (χ0n) is 20.5. The normalized spacial score (nSPS) is 16.4. The molecule has 1 aliphatic rings. The summed E-state index contributed by atoms with van der Waals surface area (Å²) in [5.41, 5.74) is 8.39. The van der Waals surface area contributed by atoms with E-state index in [0.717, 1.165) is 22.9 Å². The molecule has 1 fully saturated rings. The number of carbonyl (C=O) groups is 4. The number of nitrogens with zero attached hydrogens (tertiary/aromatic N) is 1. The van der Waals surface area contributed by atoms with Crippen LogP contribution < -0.4 is 21.1 Å². The van der Waals surface area contributed by atoms with Gasteiger partial charge in [0.15, 0.2) is 0 Å². The van der Waals surface area contributed by atoms with E-state index in [0.29, 0.717) is 23.6 Å². The maximum Gasteiger partial charge on any atom is 0.328 e. The number of methoxy groups -OCH3 is 1. The molecule has 5 N–H and O–H groups in total. The van der Waals surface area contributed by atoms with Crippen LogP contribution in [-0.2, 0) is 38.4 Å². The van der Waals surface area contributed by atoms with Crippen LogP contribution in [0.5, 0.6) is 11.5 Å². The van der Waals surface area contributed by atoms with Crippen molar-refractivity contribution in [3.8, 4) is 11.5 Å². The van der Waals surface area contributed by atoms with E-state index in [-0.39, 0.29) is 24.0 Å². The third-order valence-electron chi connectivity index (χ3n) is 5.84. The van der Waals surface area contributed by atoms with Gasteiger partial charge in [-0.1, -0.05) is 36.0 Å². The van der Waals surface area contributed by atoms with E-state index in [1.54, 1.807) is 42.6 Å². The van der Waals surface area contributed by atoms with Crippen molar-refractivity contribution in [1.82, 2.24) is 20.6 Å². The number of aromatic amines is 1. The van der Waals surface area contributed by atoms with Gasteiger partial charge in [-0.2, -0.15) is 0 Å². The van der Waals surface area contributed by atoms with Crippen LogP contribution in [-0.4, -0.2) is 57.4 Å². The van der Waals surface area contributed by atoms with Crippen molar-refractivity contribution in [2.45, 2.75) is 36.6 Å². The second kappa shape index (κ2) is 12.4. The Bertz CT molecular complexity index is 1280. The largest absolute Gasteiger partial charge is 0.467 e. The smallest absolute Gasteiger partial charge is 0.328 e. The maximum atomic E-state index is 12.6. The van der Waals surface area contributed by atoms with Gasteiger partial charge < -0.3 is 25.5 Å². The monoisotopic (exact) mass is 537 g/mol. The highest BCUT2D eigenvalue weighted by Crippen LogP contribution is 2.26. The van der Waals surface area contributed by atoms with E-state index < -0.39 is 29.2 Å². The molecular weight excluding hydrogens is 510 g/mol. The van der Waals surface area contributed by atoms with Crippen molar-refractivity contribution >= 4 is 34.8 Å². The van der Waals surface area contributed by atoms with Gasteiger partial charge in [0.25, 0.3) is 5.24 Å². The lowest BCUT2D eigenvalue weighted by molar-refractivity contribution is -0.145. The van der Waals surface area contributed by atoms with E-state index >= 15 is 0 Å². The molecule has 38 heavy (non-hydrogen) atoms. The minimum Gasteiger partial charge on any atom is -0.467 e. The van der Waals surface area contributed by atoms with Gasteiger partial charge >= 0.3 is 5.97 Å². The SMILES string of the molecule is COC(=O)C(Cc1ccc(Oc2ccc(CC3SC(=O)NC3=O)cc2)cc1)NC(=O)C(N)Cc1cnc[nH]1. The fourth-order valence-corrected chi connectivity index (χ4v) is 4.70. The van der Waals surface area contributed by atoms with Crippen LogP contribution in [0.4, 0.5) is 4.79 Å². The molecule has 11 nitrogen and oxygen atoms in total. The number of thioether (sulfide) groups is 1. The number of esters is 1. The van der Waals surface area contributed by atoms with Gasteiger partial charge in [0, 0.05) is 24.7 Å². The Morgan fingerprint density at radius 3 is 2.26 bits per heavy atom. The van der Waals surface area contributed by atoms with Crippen LogP contribution in [0.2, 0.25) is 0 Å². The number of H-pyrrole nitrogens is 1. The van der Waals surface area contributed by atoms with Crippen molar-refractivity contribution in [1.29, 1.82) is 0 Å². The predicted octanol–water partition coefficient (Wildman–Crippen LogP) is 1.87. The molecule has 2 aromatic carbocycles. The number of amides is 3. The van der Waals surface area contributed by atoms with Gasteiger partial charge in [-0.05, 0) is 41.8 Å². The fourth-order valence-electron chi connectivity index (χ4n) is 3.84. The first-order valence-corrected chi connectivity index (χ1v) is 12.7. The molecule has 3 atom stereocenters. The van der Waals surface area contributed by atoms with E-state index in [9.17, 15) is 19.2 Å². The molecule has 3 unspecified atom stereocenters. The summed E-state index contributed by atoms with van der Waals surface area (Å²) in [4.78, 5) is 54.8. The standard InChI is InChI=1S/C26H27N5O6S/c1-36-25(34)21(30-23(32)20(27)12-17-13-28-14-29-17)10-15-2-6-18(7-3-15)37-19-8-4-16(5-9-19)11-22-24(33)31-26(35)38-22/h2-9,13-14,20-22H,10-12,27H2,1H3,(H,28,29)(H,30,32)(H,31,33,35). The van der Waals surface area contributed by atoms with Crippen molar-refractivity contribution in [2.24, 2.45) is 5.73 Å². The first-order valence-electron chi connectivity index (χ1n) is 11.8. The van der Waals surface area contributed by atoms with Gasteiger partial charge in [0.05, 0.1) is 24.7 Å². The summed E-state index contributed by atoms with van der Waals surface area (Å²) in [7, 11) is 1.26. The molecule has 198 valence electrons. The molecule has 1 aromatic heterocycles. The van der Waals surface area contributed by atoms with Gasteiger partial charge in [0.1, 0.15) is 17.5 Å². The molecule has 3 aromatic rings. The second-order valence-corrected chi connectivity index (χ2v) is 9.83. The summed E-state index contributed by atoms with van der Waals surface area (Å²) in [5.74, 6) is -0.140. The number of benzene rings is 2. The molecule has 12 heteroatoms. The van der Waals surface area contributed by atoms with Crippen LogP contribution in [0.25, 0.3) is 0 Å². The highest BCUT2D eigenvalue weighted by atomic mass is 32.2. The lowest BCUT2D eigenvalue weighted by atomic mass is 10.0. The number of imide groups is 1.